The molecule has 3 atom stereocenters. The lowest BCUT2D eigenvalue weighted by Crippen LogP contribution is -2.49. The molecule has 0 spiro atoms. The van der Waals surface area contributed by atoms with Crippen LogP contribution >= 0.6 is 0 Å². The predicted molar refractivity (Wildman–Crippen MR) is 55.7 cm³/mol. The zero-order chi connectivity index (χ0) is 11.3. The van der Waals surface area contributed by atoms with Gasteiger partial charge in [-0.25, -0.2) is 0 Å². The van der Waals surface area contributed by atoms with Gasteiger partial charge in [-0.05, 0) is 19.8 Å². The number of nitrogens with one attached hydrogen (secondary N) is 1. The minimum absolute atomic E-state index is 0.0605. The molecular formula is C10H20N2O2. The molecule has 82 valence electrons. The summed E-state index contributed by atoms with van der Waals surface area (Å²) in [6, 6.07) is -0.973. The fourth-order valence-corrected chi connectivity index (χ4v) is 0.924. The van der Waals surface area contributed by atoms with Crippen molar-refractivity contribution >= 4 is 11.7 Å². The van der Waals surface area contributed by atoms with Gasteiger partial charge >= 0.3 is 0 Å². The third-order valence-electron chi connectivity index (χ3n) is 2.53. The molecule has 3 N–H and O–H groups in total. The average Bonchev–Trinajstić information content (AvgIpc) is 2.14. The van der Waals surface area contributed by atoms with E-state index in [1.807, 2.05) is 13.8 Å². The van der Waals surface area contributed by atoms with Crippen LogP contribution in [0.5, 0.6) is 0 Å². The number of hydrogen-bond donors (Lipinski definition) is 2. The predicted octanol–water partition coefficient (Wildman–Crippen LogP) is 0.453. The fraction of sp³-hybridized carbons (Fsp3) is 0.800. The Morgan fingerprint density at radius 2 is 1.86 bits per heavy atom. The van der Waals surface area contributed by atoms with Crippen LogP contribution < -0.4 is 11.1 Å². The molecule has 1 amide bonds. The molecule has 14 heavy (non-hydrogen) atoms. The summed E-state index contributed by atoms with van der Waals surface area (Å²) in [5.74, 6) is -0.175. The zero-order valence-corrected chi connectivity index (χ0v) is 9.33. The van der Waals surface area contributed by atoms with E-state index in [1.54, 1.807) is 6.92 Å². The lowest BCUT2D eigenvalue weighted by Gasteiger charge is -2.19. The largest absolute Gasteiger partial charge is 0.345 e. The van der Waals surface area contributed by atoms with Gasteiger partial charge in [0.25, 0.3) is 0 Å². The first-order chi connectivity index (χ1) is 6.40. The van der Waals surface area contributed by atoms with Crippen molar-refractivity contribution < 1.29 is 9.59 Å². The van der Waals surface area contributed by atoms with Crippen LogP contribution in [0.2, 0.25) is 0 Å². The molecule has 0 saturated heterocycles. The molecule has 0 bridgehead atoms. The quantitative estimate of drug-likeness (QED) is 0.677. The minimum atomic E-state index is -0.526. The number of amides is 1. The first kappa shape index (κ1) is 13.1. The Bertz CT molecular complexity index is 216. The minimum Gasteiger partial charge on any atom is -0.345 e. The molecule has 0 aliphatic carbocycles. The van der Waals surface area contributed by atoms with Crippen LogP contribution in [-0.4, -0.2) is 23.8 Å². The molecule has 0 aromatic carbocycles. The number of hydrogen-bond acceptors (Lipinski definition) is 3. The molecule has 0 aliphatic heterocycles. The van der Waals surface area contributed by atoms with Gasteiger partial charge < -0.3 is 11.1 Å². The van der Waals surface area contributed by atoms with E-state index >= 15 is 0 Å². The van der Waals surface area contributed by atoms with Crippen molar-refractivity contribution in [3.05, 3.63) is 0 Å². The molecule has 4 nitrogen and oxygen atoms in total. The van der Waals surface area contributed by atoms with Gasteiger partial charge in [0.15, 0.2) is 5.78 Å². The van der Waals surface area contributed by atoms with Crippen molar-refractivity contribution in [1.82, 2.24) is 5.32 Å². The molecular weight excluding hydrogens is 180 g/mol. The summed E-state index contributed by atoms with van der Waals surface area (Å²) in [4.78, 5) is 22.4. The first-order valence-electron chi connectivity index (χ1n) is 4.96. The van der Waals surface area contributed by atoms with Gasteiger partial charge in [-0.3, -0.25) is 9.59 Å². The third-order valence-corrected chi connectivity index (χ3v) is 2.53. The van der Waals surface area contributed by atoms with Crippen LogP contribution in [0.1, 0.15) is 34.1 Å². The van der Waals surface area contributed by atoms with Crippen molar-refractivity contribution in [1.29, 1.82) is 0 Å². The van der Waals surface area contributed by atoms with Crippen molar-refractivity contribution in [3.63, 3.8) is 0 Å². The van der Waals surface area contributed by atoms with Gasteiger partial charge in [0.2, 0.25) is 5.91 Å². The van der Waals surface area contributed by atoms with Crippen LogP contribution in [-0.2, 0) is 9.59 Å². The number of rotatable bonds is 5. The number of nitrogens with two attached hydrogens (primary N) is 1. The first-order valence-corrected chi connectivity index (χ1v) is 4.96. The van der Waals surface area contributed by atoms with E-state index in [0.717, 1.165) is 6.42 Å². The Morgan fingerprint density at radius 1 is 1.36 bits per heavy atom. The van der Waals surface area contributed by atoms with E-state index in [9.17, 15) is 9.59 Å². The summed E-state index contributed by atoms with van der Waals surface area (Å²) in [6.07, 6.45) is 0.850. The molecule has 0 aromatic heterocycles. The van der Waals surface area contributed by atoms with Crippen LogP contribution in [0.15, 0.2) is 0 Å². The Labute approximate surface area is 85.2 Å². The van der Waals surface area contributed by atoms with E-state index in [2.05, 4.69) is 5.32 Å². The highest BCUT2D eigenvalue weighted by atomic mass is 16.2. The van der Waals surface area contributed by atoms with Crippen LogP contribution in [0.4, 0.5) is 0 Å². The highest BCUT2D eigenvalue weighted by Gasteiger charge is 2.21. The number of carbonyl (C=O) groups excluding carboxylic acids is 2. The van der Waals surface area contributed by atoms with Gasteiger partial charge in [0.05, 0.1) is 12.1 Å². The van der Waals surface area contributed by atoms with Crippen molar-refractivity contribution in [3.8, 4) is 0 Å². The maximum Gasteiger partial charge on any atom is 0.237 e. The molecule has 1 unspecified atom stereocenters. The summed E-state index contributed by atoms with van der Waals surface area (Å²) in [5, 5.41) is 2.58. The van der Waals surface area contributed by atoms with Crippen molar-refractivity contribution in [2.75, 3.05) is 0 Å². The Kier molecular flexibility index (Phi) is 5.38. The van der Waals surface area contributed by atoms with Gasteiger partial charge in [-0.2, -0.15) is 0 Å². The van der Waals surface area contributed by atoms with E-state index in [4.69, 9.17) is 5.73 Å². The van der Waals surface area contributed by atoms with Crippen LogP contribution in [0, 0.1) is 5.92 Å². The highest BCUT2D eigenvalue weighted by molar-refractivity contribution is 5.89. The Hall–Kier alpha value is -0.900. The van der Waals surface area contributed by atoms with E-state index < -0.39 is 12.1 Å². The highest BCUT2D eigenvalue weighted by Crippen LogP contribution is 2.05. The van der Waals surface area contributed by atoms with E-state index in [-0.39, 0.29) is 17.6 Å². The molecule has 0 radical (unpaired) electrons. The molecule has 0 aromatic rings. The molecule has 0 saturated carbocycles. The maximum absolute atomic E-state index is 11.5. The topological polar surface area (TPSA) is 72.2 Å². The summed E-state index contributed by atoms with van der Waals surface area (Å²) in [6.45, 7) is 7.00. The zero-order valence-electron chi connectivity index (χ0n) is 9.33. The number of ketones is 1. The van der Waals surface area contributed by atoms with E-state index in [0.29, 0.717) is 0 Å². The maximum atomic E-state index is 11.5. The monoisotopic (exact) mass is 200 g/mol. The standard InChI is InChI=1S/C10H20N2O2/c1-5-6(2)9(11)10(14)12-7(3)8(4)13/h6-7,9H,5,11H2,1-4H3,(H,12,14)/t6?,7-,9-/m0/s1. The fourth-order valence-electron chi connectivity index (χ4n) is 0.924. The second-order valence-electron chi connectivity index (χ2n) is 3.75. The summed E-state index contributed by atoms with van der Waals surface area (Å²) in [5.41, 5.74) is 5.70. The Morgan fingerprint density at radius 3 is 2.21 bits per heavy atom. The molecule has 0 fully saturated rings. The molecule has 0 heterocycles. The average molecular weight is 200 g/mol. The molecule has 0 aliphatic rings. The molecule has 0 rings (SSSR count). The molecule has 4 heteroatoms. The lowest BCUT2D eigenvalue weighted by molar-refractivity contribution is -0.128. The van der Waals surface area contributed by atoms with Gasteiger partial charge in [-0.1, -0.05) is 20.3 Å². The second kappa shape index (κ2) is 5.75. The van der Waals surface area contributed by atoms with Crippen molar-refractivity contribution in [2.24, 2.45) is 11.7 Å². The van der Waals surface area contributed by atoms with Crippen LogP contribution in [0.3, 0.4) is 0 Å². The Balaban J connectivity index is 4.14. The summed E-state index contributed by atoms with van der Waals surface area (Å²) < 4.78 is 0. The SMILES string of the molecule is CCC(C)[C@H](N)C(=O)N[C@@H](C)C(C)=O. The smallest absolute Gasteiger partial charge is 0.237 e. The normalized spacial score (nSPS) is 16.9. The second-order valence-corrected chi connectivity index (χ2v) is 3.75. The number of Topliss-reactive ketones (excluding diaryl/α,β-unsaturated/α-hetero) is 1. The van der Waals surface area contributed by atoms with Gasteiger partial charge in [0, 0.05) is 0 Å². The number of carbonyl (C=O) groups is 2. The van der Waals surface area contributed by atoms with E-state index in [1.165, 1.54) is 6.92 Å². The van der Waals surface area contributed by atoms with Crippen LogP contribution in [0.25, 0.3) is 0 Å². The van der Waals surface area contributed by atoms with Gasteiger partial charge in [0.1, 0.15) is 0 Å². The lowest BCUT2D eigenvalue weighted by atomic mass is 9.99. The summed E-state index contributed by atoms with van der Waals surface area (Å²) in [7, 11) is 0. The third kappa shape index (κ3) is 3.87. The van der Waals surface area contributed by atoms with Gasteiger partial charge in [-0.15, -0.1) is 0 Å². The van der Waals surface area contributed by atoms with Crippen molar-refractivity contribution in [2.45, 2.75) is 46.2 Å². The summed E-state index contributed by atoms with van der Waals surface area (Å²) >= 11 is 0.